The van der Waals surface area contributed by atoms with Crippen LogP contribution in [0.3, 0.4) is 0 Å². The molecule has 1 aliphatic carbocycles. The molecular weight excluding hydrogens is 222 g/mol. The summed E-state index contributed by atoms with van der Waals surface area (Å²) in [6.45, 7) is 2.41. The van der Waals surface area contributed by atoms with E-state index in [0.29, 0.717) is 11.7 Å². The van der Waals surface area contributed by atoms with Gasteiger partial charge in [0.25, 0.3) is 0 Å². The highest BCUT2D eigenvalue weighted by Crippen LogP contribution is 2.32. The molecule has 0 radical (unpaired) electrons. The van der Waals surface area contributed by atoms with Crippen LogP contribution in [-0.4, -0.2) is 18.9 Å². The Morgan fingerprint density at radius 1 is 0.944 bits per heavy atom. The second-order valence-corrected chi connectivity index (χ2v) is 5.60. The summed E-state index contributed by atoms with van der Waals surface area (Å²) in [5, 5.41) is 0. The summed E-state index contributed by atoms with van der Waals surface area (Å²) in [5.41, 5.74) is 2.79. The highest BCUT2D eigenvalue weighted by Gasteiger charge is 2.20. The second-order valence-electron chi connectivity index (χ2n) is 5.60. The molecule has 2 nitrogen and oxygen atoms in total. The first-order valence-corrected chi connectivity index (χ1v) is 7.19. The molecule has 18 heavy (non-hydrogen) atoms. The van der Waals surface area contributed by atoms with Gasteiger partial charge in [-0.05, 0) is 49.3 Å². The largest absolute Gasteiger partial charge is 0.372 e. The predicted octanol–water partition coefficient (Wildman–Crippen LogP) is 3.51. The highest BCUT2D eigenvalue weighted by atomic mass is 16.1. The summed E-state index contributed by atoms with van der Waals surface area (Å²) in [4.78, 5) is 13.7. The van der Waals surface area contributed by atoms with Crippen LogP contribution in [0.2, 0.25) is 0 Å². The average molecular weight is 243 g/mol. The zero-order chi connectivity index (χ0) is 12.4. The summed E-state index contributed by atoms with van der Waals surface area (Å²) in [7, 11) is 0. The lowest BCUT2D eigenvalue weighted by Crippen LogP contribution is -2.17. The topological polar surface area (TPSA) is 20.3 Å². The number of anilines is 1. The SMILES string of the molecule is O=C1CCC(c2ccc(N3CCCC3)cc2)CC1. The van der Waals surface area contributed by atoms with Crippen LogP contribution in [0.4, 0.5) is 5.69 Å². The van der Waals surface area contributed by atoms with Crippen molar-refractivity contribution in [3.8, 4) is 0 Å². The van der Waals surface area contributed by atoms with Crippen molar-refractivity contribution in [3.63, 3.8) is 0 Å². The van der Waals surface area contributed by atoms with Gasteiger partial charge in [-0.25, -0.2) is 0 Å². The molecule has 0 aromatic heterocycles. The van der Waals surface area contributed by atoms with Crippen molar-refractivity contribution in [2.24, 2.45) is 0 Å². The van der Waals surface area contributed by atoms with Gasteiger partial charge < -0.3 is 4.90 Å². The van der Waals surface area contributed by atoms with E-state index < -0.39 is 0 Å². The Labute approximate surface area is 109 Å². The Morgan fingerprint density at radius 2 is 1.56 bits per heavy atom. The average Bonchev–Trinajstić information content (AvgIpc) is 2.94. The van der Waals surface area contributed by atoms with Crippen LogP contribution < -0.4 is 4.90 Å². The van der Waals surface area contributed by atoms with Crippen molar-refractivity contribution in [3.05, 3.63) is 29.8 Å². The smallest absolute Gasteiger partial charge is 0.132 e. The van der Waals surface area contributed by atoms with Crippen molar-refractivity contribution in [1.29, 1.82) is 0 Å². The zero-order valence-corrected chi connectivity index (χ0v) is 10.9. The first kappa shape index (κ1) is 11.8. The summed E-state index contributed by atoms with van der Waals surface area (Å²) in [6, 6.07) is 9.07. The van der Waals surface area contributed by atoms with Crippen LogP contribution in [-0.2, 0) is 4.79 Å². The van der Waals surface area contributed by atoms with Crippen molar-refractivity contribution in [1.82, 2.24) is 0 Å². The Hall–Kier alpha value is -1.31. The molecule has 0 unspecified atom stereocenters. The Bertz CT molecular complexity index is 407. The number of hydrogen-bond acceptors (Lipinski definition) is 2. The Kier molecular flexibility index (Phi) is 3.35. The number of carbonyl (C=O) groups excluding carboxylic acids is 1. The van der Waals surface area contributed by atoms with Gasteiger partial charge in [-0.1, -0.05) is 12.1 Å². The van der Waals surface area contributed by atoms with Gasteiger partial charge in [-0.15, -0.1) is 0 Å². The molecule has 1 aromatic rings. The predicted molar refractivity (Wildman–Crippen MR) is 74.1 cm³/mol. The molecule has 96 valence electrons. The second kappa shape index (κ2) is 5.13. The fraction of sp³-hybridized carbons (Fsp3) is 0.562. The maximum absolute atomic E-state index is 11.3. The van der Waals surface area contributed by atoms with Crippen molar-refractivity contribution >= 4 is 11.5 Å². The summed E-state index contributed by atoms with van der Waals surface area (Å²) < 4.78 is 0. The molecule has 3 rings (SSSR count). The molecule has 0 spiro atoms. The molecule has 2 aliphatic rings. The van der Waals surface area contributed by atoms with Crippen LogP contribution in [0, 0.1) is 0 Å². The van der Waals surface area contributed by atoms with E-state index in [0.717, 1.165) is 25.7 Å². The van der Waals surface area contributed by atoms with E-state index in [9.17, 15) is 4.79 Å². The van der Waals surface area contributed by atoms with Crippen molar-refractivity contribution in [2.45, 2.75) is 44.4 Å². The molecule has 0 bridgehead atoms. The molecule has 0 N–H and O–H groups in total. The number of ketones is 1. The fourth-order valence-electron chi connectivity index (χ4n) is 3.21. The monoisotopic (exact) mass is 243 g/mol. The molecule has 2 heteroatoms. The quantitative estimate of drug-likeness (QED) is 0.792. The first-order valence-electron chi connectivity index (χ1n) is 7.19. The van der Waals surface area contributed by atoms with Gasteiger partial charge in [-0.3, -0.25) is 4.79 Å². The highest BCUT2D eigenvalue weighted by molar-refractivity contribution is 5.79. The lowest BCUT2D eigenvalue weighted by molar-refractivity contribution is -0.120. The lowest BCUT2D eigenvalue weighted by Gasteiger charge is -2.23. The standard InChI is InChI=1S/C16H21NO/c18-16-9-5-14(6-10-16)13-3-7-15(8-4-13)17-11-1-2-12-17/h3-4,7-8,14H,1-2,5-6,9-12H2. The van der Waals surface area contributed by atoms with E-state index in [1.165, 1.54) is 37.2 Å². The normalized spacial score (nSPS) is 21.6. The molecule has 1 aromatic carbocycles. The van der Waals surface area contributed by atoms with Crippen LogP contribution in [0.5, 0.6) is 0 Å². The van der Waals surface area contributed by atoms with Gasteiger partial charge in [-0.2, -0.15) is 0 Å². The summed E-state index contributed by atoms with van der Waals surface area (Å²) >= 11 is 0. The maximum atomic E-state index is 11.3. The lowest BCUT2D eigenvalue weighted by atomic mass is 9.83. The van der Waals surface area contributed by atoms with Gasteiger partial charge in [0.1, 0.15) is 5.78 Å². The zero-order valence-electron chi connectivity index (χ0n) is 10.9. The van der Waals surface area contributed by atoms with Gasteiger partial charge in [0.05, 0.1) is 0 Å². The molecule has 1 saturated heterocycles. The van der Waals surface area contributed by atoms with Gasteiger partial charge in [0.15, 0.2) is 0 Å². The van der Waals surface area contributed by atoms with E-state index in [2.05, 4.69) is 29.2 Å². The number of hydrogen-bond donors (Lipinski definition) is 0. The minimum Gasteiger partial charge on any atom is -0.372 e. The van der Waals surface area contributed by atoms with Crippen molar-refractivity contribution < 1.29 is 4.79 Å². The third-order valence-electron chi connectivity index (χ3n) is 4.38. The van der Waals surface area contributed by atoms with Crippen molar-refractivity contribution in [2.75, 3.05) is 18.0 Å². The number of Topliss-reactive ketones (excluding diaryl/α,β-unsaturated/α-hetero) is 1. The number of benzene rings is 1. The van der Waals surface area contributed by atoms with Gasteiger partial charge in [0, 0.05) is 31.6 Å². The van der Waals surface area contributed by atoms with E-state index in [1.54, 1.807) is 0 Å². The minimum absolute atomic E-state index is 0.444. The van der Waals surface area contributed by atoms with Gasteiger partial charge >= 0.3 is 0 Å². The molecule has 1 heterocycles. The minimum atomic E-state index is 0.444. The molecule has 1 aliphatic heterocycles. The third-order valence-corrected chi connectivity index (χ3v) is 4.38. The van der Waals surface area contributed by atoms with Crippen LogP contribution in [0.15, 0.2) is 24.3 Å². The van der Waals surface area contributed by atoms with Crippen LogP contribution in [0.25, 0.3) is 0 Å². The Morgan fingerprint density at radius 3 is 2.17 bits per heavy atom. The first-order chi connectivity index (χ1) is 8.83. The molecular formula is C16H21NO. The third kappa shape index (κ3) is 2.43. The molecule has 0 atom stereocenters. The summed E-state index contributed by atoms with van der Waals surface area (Å²) in [5.74, 6) is 1.05. The van der Waals surface area contributed by atoms with E-state index >= 15 is 0 Å². The molecule has 0 amide bonds. The van der Waals surface area contributed by atoms with E-state index in [4.69, 9.17) is 0 Å². The van der Waals surface area contributed by atoms with Crippen LogP contribution >= 0.6 is 0 Å². The Balaban J connectivity index is 1.68. The van der Waals surface area contributed by atoms with Gasteiger partial charge in [0.2, 0.25) is 0 Å². The van der Waals surface area contributed by atoms with E-state index in [-0.39, 0.29) is 0 Å². The van der Waals surface area contributed by atoms with Crippen LogP contribution in [0.1, 0.15) is 50.0 Å². The summed E-state index contributed by atoms with van der Waals surface area (Å²) in [6.07, 6.45) is 6.29. The fourth-order valence-corrected chi connectivity index (χ4v) is 3.21. The molecule has 2 fully saturated rings. The maximum Gasteiger partial charge on any atom is 0.132 e. The number of nitrogens with zero attached hydrogens (tertiary/aromatic N) is 1. The molecule has 1 saturated carbocycles. The number of carbonyl (C=O) groups is 1. The number of rotatable bonds is 2. The van der Waals surface area contributed by atoms with E-state index in [1.807, 2.05) is 0 Å².